The summed E-state index contributed by atoms with van der Waals surface area (Å²) >= 11 is 8.06. The summed E-state index contributed by atoms with van der Waals surface area (Å²) in [5.41, 5.74) is 3.45. The van der Waals surface area contributed by atoms with Gasteiger partial charge in [-0.25, -0.2) is 4.79 Å². The van der Waals surface area contributed by atoms with Crippen molar-refractivity contribution >= 4 is 63.7 Å². The van der Waals surface area contributed by atoms with Crippen molar-refractivity contribution in [2.75, 3.05) is 30.5 Å². The highest BCUT2D eigenvalue weighted by Gasteiger charge is 2.40. The molecule has 8 heteroatoms. The van der Waals surface area contributed by atoms with Crippen molar-refractivity contribution in [1.82, 2.24) is 4.90 Å². The molecule has 144 valence electrons. The van der Waals surface area contributed by atoms with Crippen molar-refractivity contribution in [1.29, 1.82) is 0 Å². The maximum absolute atomic E-state index is 12.8. The van der Waals surface area contributed by atoms with Crippen molar-refractivity contribution in [3.8, 4) is 0 Å². The molecular weight excluding hydrogens is 400 g/mol. The molecule has 0 spiro atoms. The maximum Gasteiger partial charge on any atom is 0.326 e. The Morgan fingerprint density at radius 1 is 1.48 bits per heavy atom. The van der Waals surface area contributed by atoms with Crippen LogP contribution >= 0.6 is 35.7 Å². The van der Waals surface area contributed by atoms with Gasteiger partial charge in [-0.2, -0.15) is 11.8 Å². The predicted molar refractivity (Wildman–Crippen MR) is 117 cm³/mol. The lowest BCUT2D eigenvalue weighted by molar-refractivity contribution is -0.145. The molecule has 1 saturated heterocycles. The summed E-state index contributed by atoms with van der Waals surface area (Å²) < 4.78 is 0.317. The van der Waals surface area contributed by atoms with Crippen molar-refractivity contribution in [3.63, 3.8) is 0 Å². The minimum absolute atomic E-state index is 0.312. The molecule has 1 fully saturated rings. The predicted octanol–water partition coefficient (Wildman–Crippen LogP) is 3.48. The molecule has 2 heterocycles. The van der Waals surface area contributed by atoms with Crippen LogP contribution in [-0.2, 0) is 16.0 Å². The van der Waals surface area contributed by atoms with E-state index in [0.29, 0.717) is 21.4 Å². The molecule has 3 rings (SSSR count). The highest BCUT2D eigenvalue weighted by Crippen LogP contribution is 2.36. The summed E-state index contributed by atoms with van der Waals surface area (Å²) in [5, 5.41) is 9.53. The Kier molecular flexibility index (Phi) is 6.49. The van der Waals surface area contributed by atoms with Crippen molar-refractivity contribution in [3.05, 3.63) is 34.2 Å². The molecule has 0 aliphatic carbocycles. The number of hydrogen-bond acceptors (Lipinski definition) is 6. The Morgan fingerprint density at radius 2 is 2.26 bits per heavy atom. The van der Waals surface area contributed by atoms with Crippen molar-refractivity contribution in [2.24, 2.45) is 0 Å². The van der Waals surface area contributed by atoms with Gasteiger partial charge in [0.2, 0.25) is 0 Å². The minimum atomic E-state index is -1.02. The number of rotatable bonds is 6. The van der Waals surface area contributed by atoms with Gasteiger partial charge < -0.3 is 10.0 Å². The number of thiocarbonyl (C=S) groups is 1. The first kappa shape index (κ1) is 20.2. The van der Waals surface area contributed by atoms with Crippen LogP contribution in [0.25, 0.3) is 6.08 Å². The third-order valence-corrected chi connectivity index (χ3v) is 6.74. The number of carbonyl (C=O) groups is 2. The van der Waals surface area contributed by atoms with Crippen molar-refractivity contribution < 1.29 is 14.7 Å². The SMILES string of the molecule is CSCCC(C(=O)O)N1C(=O)C(=Cc2ccc3c(c2)CCCN3C)SC1=S. The van der Waals surface area contributed by atoms with Crippen LogP contribution in [0.3, 0.4) is 0 Å². The molecule has 5 nitrogen and oxygen atoms in total. The Balaban J connectivity index is 1.85. The first-order chi connectivity index (χ1) is 12.9. The molecule has 1 unspecified atom stereocenters. The van der Waals surface area contributed by atoms with E-state index in [1.807, 2.05) is 18.4 Å². The summed E-state index contributed by atoms with van der Waals surface area (Å²) in [5.74, 6) is -0.669. The summed E-state index contributed by atoms with van der Waals surface area (Å²) in [6.07, 6.45) is 6.25. The number of thioether (sulfide) groups is 2. The van der Waals surface area contributed by atoms with Gasteiger partial charge in [0.05, 0.1) is 4.91 Å². The van der Waals surface area contributed by atoms with Crippen LogP contribution in [-0.4, -0.2) is 57.8 Å². The summed E-state index contributed by atoms with van der Waals surface area (Å²) in [7, 11) is 2.09. The highest BCUT2D eigenvalue weighted by molar-refractivity contribution is 8.26. The van der Waals surface area contributed by atoms with E-state index < -0.39 is 12.0 Å². The topological polar surface area (TPSA) is 60.9 Å². The van der Waals surface area contributed by atoms with E-state index in [4.69, 9.17) is 12.2 Å². The van der Waals surface area contributed by atoms with Crippen molar-refractivity contribution in [2.45, 2.75) is 25.3 Å². The highest BCUT2D eigenvalue weighted by atomic mass is 32.2. The fraction of sp³-hybridized carbons (Fsp3) is 0.421. The van der Waals surface area contributed by atoms with Crippen LogP contribution in [0, 0.1) is 0 Å². The second kappa shape index (κ2) is 8.67. The van der Waals surface area contributed by atoms with Gasteiger partial charge in [0.25, 0.3) is 5.91 Å². The van der Waals surface area contributed by atoms with Gasteiger partial charge in [0, 0.05) is 19.3 Å². The maximum atomic E-state index is 12.8. The number of benzene rings is 1. The number of hydrogen-bond donors (Lipinski definition) is 1. The standard InChI is InChI=1S/C19H22N2O3S3/c1-20-8-3-4-13-10-12(5-6-14(13)20)11-16-17(22)21(19(25)27-16)15(18(23)24)7-9-26-2/h5-6,10-11,15H,3-4,7-9H2,1-2H3,(H,23,24). The van der Waals surface area contributed by atoms with E-state index in [-0.39, 0.29) is 5.91 Å². The van der Waals surface area contributed by atoms with E-state index in [0.717, 1.165) is 24.9 Å². The normalized spacial score (nSPS) is 19.6. The van der Waals surface area contributed by atoms with Gasteiger partial charge in [-0.1, -0.05) is 30.0 Å². The van der Waals surface area contributed by atoms with Gasteiger partial charge >= 0.3 is 5.97 Å². The van der Waals surface area contributed by atoms with Gasteiger partial charge in [0.15, 0.2) is 0 Å². The molecule has 0 aromatic heterocycles. The molecule has 1 N–H and O–H groups in total. The third-order valence-electron chi connectivity index (χ3n) is 4.77. The molecule has 1 atom stereocenters. The van der Waals surface area contributed by atoms with Crippen LogP contribution in [0.5, 0.6) is 0 Å². The smallest absolute Gasteiger partial charge is 0.326 e. The molecule has 0 radical (unpaired) electrons. The number of nitrogens with zero attached hydrogens (tertiary/aromatic N) is 2. The summed E-state index contributed by atoms with van der Waals surface area (Å²) in [6, 6.07) is 5.28. The van der Waals surface area contributed by atoms with Crippen LogP contribution in [0.2, 0.25) is 0 Å². The Hall–Kier alpha value is -1.51. The molecule has 1 amide bonds. The van der Waals surface area contributed by atoms with Gasteiger partial charge in [-0.15, -0.1) is 0 Å². The quantitative estimate of drug-likeness (QED) is 0.556. The van der Waals surface area contributed by atoms with Crippen LogP contribution in [0.4, 0.5) is 5.69 Å². The van der Waals surface area contributed by atoms with E-state index >= 15 is 0 Å². The molecule has 0 bridgehead atoms. The lowest BCUT2D eigenvalue weighted by Crippen LogP contribution is -2.44. The molecular formula is C19H22N2O3S3. The van der Waals surface area contributed by atoms with Gasteiger partial charge in [-0.05, 0) is 60.6 Å². The number of amides is 1. The Morgan fingerprint density at radius 3 is 2.96 bits per heavy atom. The van der Waals surface area contributed by atoms with Crippen LogP contribution in [0.15, 0.2) is 23.1 Å². The van der Waals surface area contributed by atoms with E-state index in [1.165, 1.54) is 27.9 Å². The van der Waals surface area contributed by atoms with E-state index in [9.17, 15) is 14.7 Å². The first-order valence-electron chi connectivity index (χ1n) is 8.75. The van der Waals surface area contributed by atoms with Gasteiger partial charge in [0.1, 0.15) is 10.4 Å². The molecule has 1 aromatic rings. The number of aryl methyl sites for hydroxylation is 1. The monoisotopic (exact) mass is 422 g/mol. The van der Waals surface area contributed by atoms with Crippen LogP contribution < -0.4 is 4.90 Å². The number of carbonyl (C=O) groups excluding carboxylic acids is 1. The largest absolute Gasteiger partial charge is 0.480 e. The fourth-order valence-corrected chi connectivity index (χ4v) is 5.20. The fourth-order valence-electron chi connectivity index (χ4n) is 3.39. The van der Waals surface area contributed by atoms with E-state index in [1.54, 1.807) is 11.8 Å². The lowest BCUT2D eigenvalue weighted by atomic mass is 9.99. The number of carboxylic acid groups (broad SMARTS) is 1. The molecule has 0 saturated carbocycles. The first-order valence-corrected chi connectivity index (χ1v) is 11.4. The molecule has 1 aromatic carbocycles. The third kappa shape index (κ3) is 4.33. The number of carboxylic acids is 1. The molecule has 27 heavy (non-hydrogen) atoms. The average Bonchev–Trinajstić information content (AvgIpc) is 2.89. The zero-order chi connectivity index (χ0) is 19.6. The number of aliphatic carboxylic acids is 1. The zero-order valence-electron chi connectivity index (χ0n) is 15.3. The number of anilines is 1. The minimum Gasteiger partial charge on any atom is -0.480 e. The van der Waals surface area contributed by atoms with Crippen LogP contribution in [0.1, 0.15) is 24.0 Å². The molecule has 2 aliphatic heterocycles. The molecule has 2 aliphatic rings. The average molecular weight is 423 g/mol. The summed E-state index contributed by atoms with van der Waals surface area (Å²) in [6.45, 7) is 1.05. The second-order valence-corrected chi connectivity index (χ2v) is 9.26. The Labute approximate surface area is 173 Å². The van der Waals surface area contributed by atoms with E-state index in [2.05, 4.69) is 24.1 Å². The van der Waals surface area contributed by atoms with Gasteiger partial charge in [-0.3, -0.25) is 9.69 Å². The summed E-state index contributed by atoms with van der Waals surface area (Å²) in [4.78, 5) is 28.5. The second-order valence-electron chi connectivity index (χ2n) is 6.60. The lowest BCUT2D eigenvalue weighted by Gasteiger charge is -2.27. The Bertz CT molecular complexity index is 809. The number of fused-ring (bicyclic) bond motifs is 1. The zero-order valence-corrected chi connectivity index (χ0v) is 17.8.